The molecule has 3 rings (SSSR count). The number of benzene rings is 1. The van der Waals surface area contributed by atoms with Crippen molar-refractivity contribution in [1.82, 2.24) is 5.32 Å². The van der Waals surface area contributed by atoms with Gasteiger partial charge in [-0.05, 0) is 55.7 Å². The summed E-state index contributed by atoms with van der Waals surface area (Å²) in [4.78, 5) is 23.1. The Morgan fingerprint density at radius 3 is 2.33 bits per heavy atom. The van der Waals surface area contributed by atoms with E-state index in [1.165, 1.54) is 0 Å². The second-order valence-electron chi connectivity index (χ2n) is 5.79. The predicted molar refractivity (Wildman–Crippen MR) is 74.7 cm³/mol. The van der Waals surface area contributed by atoms with Crippen LogP contribution in [-0.2, 0) is 0 Å². The number of halogens is 1. The highest BCUT2D eigenvalue weighted by Gasteiger charge is 2.42. The first-order valence-corrected chi connectivity index (χ1v) is 7.15. The van der Waals surface area contributed by atoms with Gasteiger partial charge in [-0.2, -0.15) is 0 Å². The number of urea groups is 1. The van der Waals surface area contributed by atoms with E-state index in [-0.39, 0.29) is 17.3 Å². The van der Waals surface area contributed by atoms with E-state index in [2.05, 4.69) is 10.6 Å². The van der Waals surface area contributed by atoms with E-state index in [1.807, 2.05) is 0 Å². The molecule has 2 aliphatic rings. The quantitative estimate of drug-likeness (QED) is 0.781. The lowest BCUT2D eigenvalue weighted by Crippen LogP contribution is -2.41. The molecule has 1 aromatic carbocycles. The minimum absolute atomic E-state index is 0.0228. The molecule has 2 saturated carbocycles. The van der Waals surface area contributed by atoms with Gasteiger partial charge in [-0.15, -0.1) is 0 Å². The van der Waals surface area contributed by atoms with Crippen molar-refractivity contribution >= 4 is 17.7 Å². The van der Waals surface area contributed by atoms with Crippen LogP contribution in [0.3, 0.4) is 0 Å². The number of carboxylic acid groups (broad SMARTS) is 1. The fraction of sp³-hybridized carbons (Fsp3) is 0.467. The van der Waals surface area contributed by atoms with Crippen molar-refractivity contribution in [1.29, 1.82) is 0 Å². The summed E-state index contributed by atoms with van der Waals surface area (Å²) >= 11 is 0. The van der Waals surface area contributed by atoms with Crippen molar-refractivity contribution < 1.29 is 19.1 Å². The molecule has 112 valence electrons. The number of carbonyl (C=O) groups is 2. The molecule has 0 radical (unpaired) electrons. The Morgan fingerprint density at radius 2 is 1.81 bits per heavy atom. The molecular formula is C15H17FN2O3. The number of aromatic carboxylic acids is 1. The van der Waals surface area contributed by atoms with Gasteiger partial charge in [0.15, 0.2) is 0 Å². The zero-order valence-corrected chi connectivity index (χ0v) is 11.4. The number of hydrogen-bond acceptors (Lipinski definition) is 2. The van der Waals surface area contributed by atoms with Gasteiger partial charge in [0.2, 0.25) is 0 Å². The molecule has 3 N–H and O–H groups in total. The smallest absolute Gasteiger partial charge is 0.337 e. The summed E-state index contributed by atoms with van der Waals surface area (Å²) in [5, 5.41) is 14.4. The molecule has 6 heteroatoms. The molecule has 1 aromatic rings. The third-order valence-electron chi connectivity index (χ3n) is 4.02. The minimum atomic E-state index is -1.20. The SMILES string of the molecule is O=C(Nc1cc(F)ccc1C(=O)O)NC(C1CC1)C1CC1. The van der Waals surface area contributed by atoms with E-state index in [0.717, 1.165) is 43.9 Å². The van der Waals surface area contributed by atoms with Crippen molar-refractivity contribution in [2.24, 2.45) is 11.8 Å². The van der Waals surface area contributed by atoms with Crippen LogP contribution in [0.2, 0.25) is 0 Å². The number of hydrogen-bond donors (Lipinski definition) is 3. The number of amides is 2. The van der Waals surface area contributed by atoms with Crippen LogP contribution in [-0.4, -0.2) is 23.1 Å². The summed E-state index contributed by atoms with van der Waals surface area (Å²) in [6.45, 7) is 0. The van der Waals surface area contributed by atoms with E-state index in [1.54, 1.807) is 0 Å². The molecule has 5 nitrogen and oxygen atoms in total. The van der Waals surface area contributed by atoms with Crippen molar-refractivity contribution in [2.45, 2.75) is 31.7 Å². The highest BCUT2D eigenvalue weighted by molar-refractivity contribution is 6.00. The van der Waals surface area contributed by atoms with Crippen LogP contribution in [0.15, 0.2) is 18.2 Å². The van der Waals surface area contributed by atoms with Gasteiger partial charge in [0, 0.05) is 6.04 Å². The first-order valence-electron chi connectivity index (χ1n) is 7.15. The molecular weight excluding hydrogens is 275 g/mol. The molecule has 0 atom stereocenters. The Bertz CT molecular complexity index is 570. The number of rotatable bonds is 5. The van der Waals surface area contributed by atoms with Gasteiger partial charge in [-0.3, -0.25) is 0 Å². The lowest BCUT2D eigenvalue weighted by atomic mass is 10.1. The monoisotopic (exact) mass is 292 g/mol. The summed E-state index contributed by atoms with van der Waals surface area (Å²) in [5.74, 6) is -0.716. The Labute approximate surface area is 121 Å². The van der Waals surface area contributed by atoms with Crippen molar-refractivity contribution in [2.75, 3.05) is 5.32 Å². The zero-order valence-electron chi connectivity index (χ0n) is 11.4. The number of carbonyl (C=O) groups excluding carboxylic acids is 1. The van der Waals surface area contributed by atoms with E-state index < -0.39 is 17.8 Å². The van der Waals surface area contributed by atoms with Crippen molar-refractivity contribution in [3.63, 3.8) is 0 Å². The molecule has 0 spiro atoms. The molecule has 0 aromatic heterocycles. The van der Waals surface area contributed by atoms with Gasteiger partial charge in [0.25, 0.3) is 0 Å². The van der Waals surface area contributed by atoms with Gasteiger partial charge >= 0.3 is 12.0 Å². The van der Waals surface area contributed by atoms with Gasteiger partial charge in [0.05, 0.1) is 11.3 Å². The van der Waals surface area contributed by atoms with Crippen LogP contribution in [0.5, 0.6) is 0 Å². The summed E-state index contributed by atoms with van der Waals surface area (Å²) in [5.41, 5.74) is -0.147. The van der Waals surface area contributed by atoms with Crippen LogP contribution in [0.25, 0.3) is 0 Å². The zero-order chi connectivity index (χ0) is 15.0. The third kappa shape index (κ3) is 3.32. The van der Waals surface area contributed by atoms with E-state index in [9.17, 15) is 14.0 Å². The number of carboxylic acids is 1. The lowest BCUT2D eigenvalue weighted by Gasteiger charge is -2.18. The summed E-state index contributed by atoms with van der Waals surface area (Å²) < 4.78 is 13.2. The molecule has 21 heavy (non-hydrogen) atoms. The van der Waals surface area contributed by atoms with Gasteiger partial charge < -0.3 is 15.7 Å². The number of anilines is 1. The first kappa shape index (κ1) is 13.9. The molecule has 2 fully saturated rings. The Morgan fingerprint density at radius 1 is 1.19 bits per heavy atom. The second-order valence-corrected chi connectivity index (χ2v) is 5.79. The second kappa shape index (κ2) is 5.35. The van der Waals surface area contributed by atoms with Crippen LogP contribution in [0.4, 0.5) is 14.9 Å². The van der Waals surface area contributed by atoms with Crippen LogP contribution in [0.1, 0.15) is 36.0 Å². The standard InChI is InChI=1S/C15H17FN2O3/c16-10-5-6-11(14(19)20)12(7-10)17-15(21)18-13(8-1-2-8)9-3-4-9/h5-9,13H,1-4H2,(H,19,20)(H2,17,18,21). The molecule has 0 saturated heterocycles. The van der Waals surface area contributed by atoms with Crippen LogP contribution >= 0.6 is 0 Å². The normalized spacial score (nSPS) is 17.6. The highest BCUT2D eigenvalue weighted by atomic mass is 19.1. The summed E-state index contributed by atoms with van der Waals surface area (Å²) in [7, 11) is 0. The average molecular weight is 292 g/mol. The third-order valence-corrected chi connectivity index (χ3v) is 4.02. The molecule has 0 unspecified atom stereocenters. The lowest BCUT2D eigenvalue weighted by molar-refractivity contribution is 0.0698. The van der Waals surface area contributed by atoms with Gasteiger partial charge in [0.1, 0.15) is 5.82 Å². The molecule has 0 heterocycles. The van der Waals surface area contributed by atoms with Crippen molar-refractivity contribution in [3.05, 3.63) is 29.6 Å². The van der Waals surface area contributed by atoms with Crippen LogP contribution < -0.4 is 10.6 Å². The van der Waals surface area contributed by atoms with Crippen LogP contribution in [0, 0.1) is 17.7 Å². The summed E-state index contributed by atoms with van der Waals surface area (Å²) in [6, 6.07) is 2.92. The number of nitrogens with one attached hydrogen (secondary N) is 2. The van der Waals surface area contributed by atoms with Gasteiger partial charge in [-0.25, -0.2) is 14.0 Å². The Kier molecular flexibility index (Phi) is 3.53. The maximum absolute atomic E-state index is 13.2. The van der Waals surface area contributed by atoms with E-state index in [4.69, 9.17) is 5.11 Å². The maximum atomic E-state index is 13.2. The maximum Gasteiger partial charge on any atom is 0.337 e. The molecule has 0 bridgehead atoms. The van der Waals surface area contributed by atoms with Crippen molar-refractivity contribution in [3.8, 4) is 0 Å². The first-order chi connectivity index (χ1) is 10.0. The molecule has 0 aliphatic heterocycles. The molecule has 2 aliphatic carbocycles. The largest absolute Gasteiger partial charge is 0.478 e. The fourth-order valence-corrected chi connectivity index (χ4v) is 2.65. The predicted octanol–water partition coefficient (Wildman–Crippen LogP) is 2.83. The Balaban J connectivity index is 1.69. The average Bonchev–Trinajstić information content (AvgIpc) is 3.27. The van der Waals surface area contributed by atoms with E-state index >= 15 is 0 Å². The summed E-state index contributed by atoms with van der Waals surface area (Å²) in [6.07, 6.45) is 4.51. The van der Waals surface area contributed by atoms with E-state index in [0.29, 0.717) is 11.8 Å². The minimum Gasteiger partial charge on any atom is -0.478 e. The van der Waals surface area contributed by atoms with Gasteiger partial charge in [-0.1, -0.05) is 0 Å². The Hall–Kier alpha value is -2.11. The topological polar surface area (TPSA) is 78.4 Å². The molecule has 2 amide bonds. The fourth-order valence-electron chi connectivity index (χ4n) is 2.65. The highest BCUT2D eigenvalue weighted by Crippen LogP contribution is 2.44.